The molecule has 2 heterocycles. The third-order valence-corrected chi connectivity index (χ3v) is 5.57. The number of halogens is 1. The van der Waals surface area contributed by atoms with Crippen LogP contribution in [0.3, 0.4) is 0 Å². The highest BCUT2D eigenvalue weighted by molar-refractivity contribution is 9.10. The minimum atomic E-state index is -3.43. The Morgan fingerprint density at radius 2 is 1.86 bits per heavy atom. The van der Waals surface area contributed by atoms with Crippen molar-refractivity contribution in [1.82, 2.24) is 9.29 Å². The molecule has 0 saturated carbocycles. The highest BCUT2D eigenvalue weighted by Crippen LogP contribution is 2.24. The van der Waals surface area contributed by atoms with Gasteiger partial charge < -0.3 is 4.74 Å². The molecule has 1 aliphatic heterocycles. The molecule has 0 amide bonds. The molecule has 0 unspecified atom stereocenters. The summed E-state index contributed by atoms with van der Waals surface area (Å²) in [5.74, 6) is 0.517. The fourth-order valence-corrected chi connectivity index (χ4v) is 3.78. The number of benzene rings is 1. The molecule has 0 N–H and O–H groups in total. The van der Waals surface area contributed by atoms with Gasteiger partial charge in [0.2, 0.25) is 15.9 Å². The molecule has 0 radical (unpaired) electrons. The van der Waals surface area contributed by atoms with E-state index in [1.165, 1.54) is 4.31 Å². The van der Waals surface area contributed by atoms with Gasteiger partial charge in [0, 0.05) is 16.7 Å². The molecule has 0 aliphatic carbocycles. The quantitative estimate of drug-likeness (QED) is 0.830. The number of nitrogens with zero attached hydrogens (tertiary/aromatic N) is 2. The molecular weight excluding hydrogens is 356 g/mol. The van der Waals surface area contributed by atoms with E-state index in [2.05, 4.69) is 20.9 Å². The van der Waals surface area contributed by atoms with Crippen molar-refractivity contribution in [2.24, 2.45) is 0 Å². The van der Waals surface area contributed by atoms with Crippen LogP contribution < -0.4 is 4.74 Å². The van der Waals surface area contributed by atoms with Crippen molar-refractivity contribution in [2.45, 2.75) is 11.0 Å². The second-order valence-corrected chi connectivity index (χ2v) is 7.54. The summed E-state index contributed by atoms with van der Waals surface area (Å²) in [4.78, 5) is 4.35. The number of ether oxygens (including phenoxy) is 1. The summed E-state index contributed by atoms with van der Waals surface area (Å²) in [7, 11) is -3.43. The van der Waals surface area contributed by atoms with E-state index < -0.39 is 10.0 Å². The van der Waals surface area contributed by atoms with Crippen LogP contribution >= 0.6 is 15.9 Å². The molecule has 7 heteroatoms. The monoisotopic (exact) mass is 368 g/mol. The number of aromatic nitrogens is 1. The SMILES string of the molecule is O=S(=O)(c1ccc(Br)cc1)N1CC(Oc2ccccn2)C1. The van der Waals surface area contributed by atoms with Crippen LogP contribution in [0.2, 0.25) is 0 Å². The summed E-state index contributed by atoms with van der Waals surface area (Å²) in [5.41, 5.74) is 0. The minimum absolute atomic E-state index is 0.148. The summed E-state index contributed by atoms with van der Waals surface area (Å²) >= 11 is 3.29. The molecule has 1 fully saturated rings. The van der Waals surface area contributed by atoms with Crippen molar-refractivity contribution in [3.8, 4) is 5.88 Å². The van der Waals surface area contributed by atoms with Crippen LogP contribution in [-0.4, -0.2) is 36.9 Å². The lowest BCUT2D eigenvalue weighted by molar-refractivity contribution is 0.0721. The van der Waals surface area contributed by atoms with Crippen molar-refractivity contribution in [3.63, 3.8) is 0 Å². The van der Waals surface area contributed by atoms with E-state index in [9.17, 15) is 8.42 Å². The molecule has 1 aromatic heterocycles. The summed E-state index contributed by atoms with van der Waals surface area (Å²) in [6.07, 6.45) is 1.50. The average molecular weight is 369 g/mol. The van der Waals surface area contributed by atoms with Crippen LogP contribution in [0.5, 0.6) is 5.88 Å². The third-order valence-electron chi connectivity index (χ3n) is 3.19. The number of sulfonamides is 1. The van der Waals surface area contributed by atoms with E-state index in [4.69, 9.17) is 4.74 Å². The number of rotatable bonds is 4. The Balaban J connectivity index is 1.64. The van der Waals surface area contributed by atoms with E-state index in [0.717, 1.165) is 4.47 Å². The molecule has 5 nitrogen and oxygen atoms in total. The van der Waals surface area contributed by atoms with Crippen LogP contribution in [0, 0.1) is 0 Å². The van der Waals surface area contributed by atoms with Gasteiger partial charge >= 0.3 is 0 Å². The van der Waals surface area contributed by atoms with E-state index in [1.807, 2.05) is 6.07 Å². The van der Waals surface area contributed by atoms with Gasteiger partial charge in [-0.05, 0) is 30.3 Å². The fraction of sp³-hybridized carbons (Fsp3) is 0.214. The van der Waals surface area contributed by atoms with Gasteiger partial charge in [-0.1, -0.05) is 22.0 Å². The van der Waals surface area contributed by atoms with E-state index in [-0.39, 0.29) is 6.10 Å². The molecule has 1 saturated heterocycles. The molecule has 21 heavy (non-hydrogen) atoms. The molecule has 1 aromatic carbocycles. The minimum Gasteiger partial charge on any atom is -0.472 e. The van der Waals surface area contributed by atoms with Gasteiger partial charge in [-0.3, -0.25) is 0 Å². The largest absolute Gasteiger partial charge is 0.472 e. The average Bonchev–Trinajstić information content (AvgIpc) is 2.44. The van der Waals surface area contributed by atoms with Crippen molar-refractivity contribution in [1.29, 1.82) is 0 Å². The summed E-state index contributed by atoms with van der Waals surface area (Å²) in [5, 5.41) is 0. The zero-order valence-electron chi connectivity index (χ0n) is 11.0. The number of pyridine rings is 1. The summed E-state index contributed by atoms with van der Waals surface area (Å²) in [6, 6.07) is 12.0. The second kappa shape index (κ2) is 5.75. The van der Waals surface area contributed by atoms with Gasteiger partial charge in [0.25, 0.3) is 0 Å². The Morgan fingerprint density at radius 1 is 1.14 bits per heavy atom. The zero-order chi connectivity index (χ0) is 14.9. The van der Waals surface area contributed by atoms with Gasteiger partial charge in [0.15, 0.2) is 0 Å². The van der Waals surface area contributed by atoms with Crippen molar-refractivity contribution < 1.29 is 13.2 Å². The second-order valence-electron chi connectivity index (χ2n) is 4.68. The summed E-state index contributed by atoms with van der Waals surface area (Å²) < 4.78 is 32.6. The molecule has 110 valence electrons. The van der Waals surface area contributed by atoms with E-state index in [1.54, 1.807) is 42.6 Å². The molecule has 0 atom stereocenters. The number of hydrogen-bond donors (Lipinski definition) is 0. The fourth-order valence-electron chi connectivity index (χ4n) is 2.01. The van der Waals surface area contributed by atoms with Gasteiger partial charge in [-0.2, -0.15) is 4.31 Å². The normalized spacial score (nSPS) is 16.4. The van der Waals surface area contributed by atoms with Crippen molar-refractivity contribution >= 4 is 26.0 Å². The maximum Gasteiger partial charge on any atom is 0.243 e. The van der Waals surface area contributed by atoms with Crippen molar-refractivity contribution in [2.75, 3.05) is 13.1 Å². The Bertz CT molecular complexity index is 714. The first kappa shape index (κ1) is 14.5. The highest BCUT2D eigenvalue weighted by Gasteiger charge is 2.38. The van der Waals surface area contributed by atoms with Crippen LogP contribution in [0.1, 0.15) is 0 Å². The Labute approximate surface area is 131 Å². The van der Waals surface area contributed by atoms with Crippen LogP contribution in [0.15, 0.2) is 58.0 Å². The first-order chi connectivity index (χ1) is 10.1. The third kappa shape index (κ3) is 3.09. The molecular formula is C14H13BrN2O3S. The van der Waals surface area contributed by atoms with Crippen molar-refractivity contribution in [3.05, 3.63) is 53.1 Å². The highest BCUT2D eigenvalue weighted by atomic mass is 79.9. The van der Waals surface area contributed by atoms with E-state index in [0.29, 0.717) is 23.9 Å². The first-order valence-corrected chi connectivity index (χ1v) is 8.62. The maximum absolute atomic E-state index is 12.4. The molecule has 0 spiro atoms. The Kier molecular flexibility index (Phi) is 3.97. The molecule has 3 rings (SSSR count). The molecule has 0 bridgehead atoms. The lowest BCUT2D eigenvalue weighted by Crippen LogP contribution is -2.56. The zero-order valence-corrected chi connectivity index (χ0v) is 13.4. The Hall–Kier alpha value is -1.44. The van der Waals surface area contributed by atoms with Crippen LogP contribution in [0.4, 0.5) is 0 Å². The molecule has 1 aliphatic rings. The maximum atomic E-state index is 12.4. The lowest BCUT2D eigenvalue weighted by atomic mass is 10.2. The van der Waals surface area contributed by atoms with Gasteiger partial charge in [-0.25, -0.2) is 13.4 Å². The van der Waals surface area contributed by atoms with E-state index >= 15 is 0 Å². The molecule has 2 aromatic rings. The number of hydrogen-bond acceptors (Lipinski definition) is 4. The first-order valence-electron chi connectivity index (χ1n) is 6.39. The lowest BCUT2D eigenvalue weighted by Gasteiger charge is -2.37. The van der Waals surface area contributed by atoms with Gasteiger partial charge in [-0.15, -0.1) is 0 Å². The smallest absolute Gasteiger partial charge is 0.243 e. The van der Waals surface area contributed by atoms with Crippen LogP contribution in [0.25, 0.3) is 0 Å². The van der Waals surface area contributed by atoms with Gasteiger partial charge in [0.1, 0.15) is 6.10 Å². The predicted octanol–water partition coefficient (Wildman–Crippen LogP) is 2.30. The Morgan fingerprint density at radius 3 is 2.48 bits per heavy atom. The summed E-state index contributed by atoms with van der Waals surface area (Å²) in [6.45, 7) is 0.684. The predicted molar refractivity (Wildman–Crippen MR) is 81.6 cm³/mol. The topological polar surface area (TPSA) is 59.5 Å². The standard InChI is InChI=1S/C14H13BrN2O3S/c15-11-4-6-13(7-5-11)21(18,19)17-9-12(10-17)20-14-3-1-2-8-16-14/h1-8,12H,9-10H2. The van der Waals surface area contributed by atoms with Crippen LogP contribution in [-0.2, 0) is 10.0 Å². The van der Waals surface area contributed by atoms with Gasteiger partial charge in [0.05, 0.1) is 18.0 Å².